The van der Waals surface area contributed by atoms with Crippen LogP contribution in [0.3, 0.4) is 0 Å². The molecule has 0 fully saturated rings. The van der Waals surface area contributed by atoms with Gasteiger partial charge in [-0.05, 0) is 0 Å². The maximum Gasteiger partial charge on any atom is 0.307 e. The zero-order valence-corrected chi connectivity index (χ0v) is 9.56. The molecule has 0 radical (unpaired) electrons. The Kier molecular flexibility index (Phi) is 3.49. The highest BCUT2D eigenvalue weighted by Crippen LogP contribution is 2.37. The number of carbonyl (C=O) groups is 1. The van der Waals surface area contributed by atoms with Crippen molar-refractivity contribution in [1.82, 2.24) is 0 Å². The summed E-state index contributed by atoms with van der Waals surface area (Å²) in [5.74, 6) is 0.255. The summed E-state index contributed by atoms with van der Waals surface area (Å²) in [7, 11) is 1.60. The van der Waals surface area contributed by atoms with Crippen molar-refractivity contribution in [3.63, 3.8) is 0 Å². The topological polar surface area (TPSA) is 65.0 Å². The van der Waals surface area contributed by atoms with Gasteiger partial charge in [-0.3, -0.25) is 4.79 Å². The number of benzene rings is 1. The first-order valence-electron chi connectivity index (χ1n) is 5.33. The quantitative estimate of drug-likeness (QED) is 0.854. The molecule has 1 aromatic carbocycles. The van der Waals surface area contributed by atoms with Gasteiger partial charge in [0.25, 0.3) is 0 Å². The van der Waals surface area contributed by atoms with Crippen molar-refractivity contribution in [2.75, 3.05) is 20.3 Å². The molecule has 0 bridgehead atoms. The van der Waals surface area contributed by atoms with Crippen LogP contribution in [0.15, 0.2) is 12.1 Å². The van der Waals surface area contributed by atoms with E-state index in [1.165, 1.54) is 0 Å². The molecule has 0 spiro atoms. The Morgan fingerprint density at radius 2 is 1.88 bits per heavy atom. The normalized spacial score (nSPS) is 13.5. The predicted molar refractivity (Wildman–Crippen MR) is 59.5 cm³/mol. The summed E-state index contributed by atoms with van der Waals surface area (Å²) in [6.07, 6.45) is -0.0705. The van der Waals surface area contributed by atoms with Crippen LogP contribution in [0.4, 0.5) is 0 Å². The average molecular weight is 238 g/mol. The lowest BCUT2D eigenvalue weighted by Crippen LogP contribution is -2.18. The molecule has 0 aliphatic carbocycles. The molecule has 92 valence electrons. The molecule has 1 heterocycles. The highest BCUT2D eigenvalue weighted by molar-refractivity contribution is 5.72. The lowest BCUT2D eigenvalue weighted by atomic mass is 10.1. The van der Waals surface area contributed by atoms with E-state index < -0.39 is 5.97 Å². The maximum atomic E-state index is 10.7. The van der Waals surface area contributed by atoms with E-state index >= 15 is 0 Å². The molecule has 0 saturated carbocycles. The molecule has 1 aromatic rings. The molecule has 2 rings (SSSR count). The van der Waals surface area contributed by atoms with E-state index in [0.29, 0.717) is 36.9 Å². The number of ether oxygens (including phenoxy) is 3. The molecule has 0 saturated heterocycles. The Labute approximate surface area is 98.9 Å². The first kappa shape index (κ1) is 11.7. The fourth-order valence-electron chi connectivity index (χ4n) is 1.82. The third-order valence-corrected chi connectivity index (χ3v) is 2.49. The third kappa shape index (κ3) is 2.50. The van der Waals surface area contributed by atoms with Crippen molar-refractivity contribution >= 4 is 5.97 Å². The van der Waals surface area contributed by atoms with Gasteiger partial charge in [0.05, 0.1) is 13.0 Å². The van der Waals surface area contributed by atoms with Gasteiger partial charge < -0.3 is 19.3 Å². The van der Waals surface area contributed by atoms with E-state index in [-0.39, 0.29) is 6.42 Å². The summed E-state index contributed by atoms with van der Waals surface area (Å²) in [6.45, 7) is 1.33. The first-order valence-corrected chi connectivity index (χ1v) is 5.33. The zero-order chi connectivity index (χ0) is 12.3. The molecule has 1 aliphatic rings. The van der Waals surface area contributed by atoms with Gasteiger partial charge in [-0.25, -0.2) is 0 Å². The van der Waals surface area contributed by atoms with Gasteiger partial charge in [0.15, 0.2) is 11.5 Å². The van der Waals surface area contributed by atoms with Crippen LogP contribution in [0, 0.1) is 0 Å². The molecular weight excluding hydrogens is 224 g/mol. The number of methoxy groups -OCH3 is 1. The Morgan fingerprint density at radius 1 is 1.29 bits per heavy atom. The summed E-state index contributed by atoms with van der Waals surface area (Å²) < 4.78 is 16.1. The molecule has 1 aliphatic heterocycles. The average Bonchev–Trinajstić information content (AvgIpc) is 2.32. The third-order valence-electron chi connectivity index (χ3n) is 2.49. The van der Waals surface area contributed by atoms with Crippen LogP contribution in [-0.2, 0) is 22.6 Å². The summed E-state index contributed by atoms with van der Waals surface area (Å²) >= 11 is 0. The lowest BCUT2D eigenvalue weighted by Gasteiger charge is -2.23. The van der Waals surface area contributed by atoms with Gasteiger partial charge in [0.2, 0.25) is 0 Å². The number of hydrogen-bond acceptors (Lipinski definition) is 4. The van der Waals surface area contributed by atoms with Crippen molar-refractivity contribution in [1.29, 1.82) is 0 Å². The van der Waals surface area contributed by atoms with Gasteiger partial charge in [-0.1, -0.05) is 12.1 Å². The number of aliphatic carboxylic acids is 1. The second-order valence-electron chi connectivity index (χ2n) is 3.74. The highest BCUT2D eigenvalue weighted by atomic mass is 16.6. The van der Waals surface area contributed by atoms with Crippen LogP contribution >= 0.6 is 0 Å². The van der Waals surface area contributed by atoms with Gasteiger partial charge in [-0.2, -0.15) is 0 Å². The molecule has 17 heavy (non-hydrogen) atoms. The Balaban J connectivity index is 2.39. The zero-order valence-electron chi connectivity index (χ0n) is 9.56. The predicted octanol–water partition coefficient (Wildman–Crippen LogP) is 1.23. The molecule has 0 aromatic heterocycles. The van der Waals surface area contributed by atoms with Crippen molar-refractivity contribution in [3.05, 3.63) is 23.3 Å². The van der Waals surface area contributed by atoms with Gasteiger partial charge in [-0.15, -0.1) is 0 Å². The van der Waals surface area contributed by atoms with E-state index in [2.05, 4.69) is 0 Å². The summed E-state index contributed by atoms with van der Waals surface area (Å²) in [6, 6.07) is 3.56. The fraction of sp³-hybridized carbons (Fsp3) is 0.417. The maximum absolute atomic E-state index is 10.7. The second kappa shape index (κ2) is 5.05. The standard InChI is InChI=1S/C12H14O5/c1-15-7-9-3-2-8(6-10(13)14)11-12(9)17-5-4-16-11/h2-3H,4-7H2,1H3,(H,13,14). The van der Waals surface area contributed by atoms with Crippen LogP contribution in [0.5, 0.6) is 11.5 Å². The molecule has 5 heteroatoms. The largest absolute Gasteiger partial charge is 0.486 e. The van der Waals surface area contributed by atoms with Crippen molar-refractivity contribution in [2.24, 2.45) is 0 Å². The molecule has 0 atom stereocenters. The lowest BCUT2D eigenvalue weighted by molar-refractivity contribution is -0.136. The summed E-state index contributed by atoms with van der Waals surface area (Å²) in [4.78, 5) is 10.7. The van der Waals surface area contributed by atoms with E-state index in [1.54, 1.807) is 13.2 Å². The van der Waals surface area contributed by atoms with E-state index in [0.717, 1.165) is 5.56 Å². The van der Waals surface area contributed by atoms with Crippen LogP contribution in [0.1, 0.15) is 11.1 Å². The molecule has 0 unspecified atom stereocenters. The SMILES string of the molecule is COCc1ccc(CC(=O)O)c2c1OCCO2. The number of carboxylic acid groups (broad SMARTS) is 1. The summed E-state index contributed by atoms with van der Waals surface area (Å²) in [5.41, 5.74) is 1.50. The monoisotopic (exact) mass is 238 g/mol. The second-order valence-corrected chi connectivity index (χ2v) is 3.74. The van der Waals surface area contributed by atoms with Crippen molar-refractivity contribution < 1.29 is 24.1 Å². The number of rotatable bonds is 4. The summed E-state index contributed by atoms with van der Waals surface area (Å²) in [5, 5.41) is 8.82. The molecule has 0 amide bonds. The molecule has 5 nitrogen and oxygen atoms in total. The van der Waals surface area contributed by atoms with E-state index in [1.807, 2.05) is 6.07 Å². The van der Waals surface area contributed by atoms with E-state index in [9.17, 15) is 4.79 Å². The van der Waals surface area contributed by atoms with Crippen molar-refractivity contribution in [2.45, 2.75) is 13.0 Å². The van der Waals surface area contributed by atoms with Gasteiger partial charge >= 0.3 is 5.97 Å². The molecular formula is C12H14O5. The minimum Gasteiger partial charge on any atom is -0.486 e. The highest BCUT2D eigenvalue weighted by Gasteiger charge is 2.21. The Morgan fingerprint density at radius 3 is 2.47 bits per heavy atom. The van der Waals surface area contributed by atoms with Gasteiger partial charge in [0, 0.05) is 18.2 Å². The van der Waals surface area contributed by atoms with E-state index in [4.69, 9.17) is 19.3 Å². The van der Waals surface area contributed by atoms with Crippen LogP contribution < -0.4 is 9.47 Å². The Hall–Kier alpha value is -1.75. The number of hydrogen-bond donors (Lipinski definition) is 1. The molecule has 1 N–H and O–H groups in total. The van der Waals surface area contributed by atoms with Gasteiger partial charge in [0.1, 0.15) is 13.2 Å². The minimum absolute atomic E-state index is 0.0705. The fourth-order valence-corrected chi connectivity index (χ4v) is 1.82. The smallest absolute Gasteiger partial charge is 0.307 e. The minimum atomic E-state index is -0.888. The van der Waals surface area contributed by atoms with Crippen LogP contribution in [0.25, 0.3) is 0 Å². The van der Waals surface area contributed by atoms with Crippen LogP contribution in [-0.4, -0.2) is 31.4 Å². The van der Waals surface area contributed by atoms with Crippen LogP contribution in [0.2, 0.25) is 0 Å². The first-order chi connectivity index (χ1) is 8.22. The number of fused-ring (bicyclic) bond motifs is 1. The Bertz CT molecular complexity index is 427. The number of carboxylic acids is 1. The van der Waals surface area contributed by atoms with Crippen molar-refractivity contribution in [3.8, 4) is 11.5 Å².